The standard InChI is InChI=1S/C20H22N4O3/c21-19(25)9-7-16-13-23(14-4-2-1-3-5-14)10-11-24(16)15-6-8-18-17(12-15)22-20(26)27-18/h1-6,8,12,16H,7,9-11,13H2,(H2,21,25)(H,22,26). The number of rotatable bonds is 5. The zero-order valence-corrected chi connectivity index (χ0v) is 14.9. The van der Waals surface area contributed by atoms with Crippen LogP contribution >= 0.6 is 0 Å². The fourth-order valence-electron chi connectivity index (χ4n) is 3.74. The van der Waals surface area contributed by atoms with E-state index in [0.29, 0.717) is 23.9 Å². The van der Waals surface area contributed by atoms with Gasteiger partial charge in [-0.3, -0.25) is 9.78 Å². The summed E-state index contributed by atoms with van der Waals surface area (Å²) in [6, 6.07) is 16.1. The number of nitrogens with two attached hydrogens (primary N) is 1. The monoisotopic (exact) mass is 366 g/mol. The predicted octanol–water partition coefficient (Wildman–Crippen LogP) is 2.08. The number of hydrogen-bond acceptors (Lipinski definition) is 5. The van der Waals surface area contributed by atoms with Crippen LogP contribution in [-0.2, 0) is 4.79 Å². The van der Waals surface area contributed by atoms with E-state index in [-0.39, 0.29) is 11.9 Å². The average Bonchev–Trinajstić information content (AvgIpc) is 3.06. The number of anilines is 2. The molecule has 4 rings (SSSR count). The number of carbonyl (C=O) groups excluding carboxylic acids is 1. The number of primary amides is 1. The van der Waals surface area contributed by atoms with Gasteiger partial charge in [-0.1, -0.05) is 18.2 Å². The zero-order chi connectivity index (χ0) is 18.8. The molecule has 1 aliphatic rings. The largest absolute Gasteiger partial charge is 0.417 e. The highest BCUT2D eigenvalue weighted by atomic mass is 16.4. The van der Waals surface area contributed by atoms with Gasteiger partial charge in [-0.05, 0) is 36.8 Å². The molecule has 1 unspecified atom stereocenters. The van der Waals surface area contributed by atoms with Crippen molar-refractivity contribution in [2.24, 2.45) is 5.73 Å². The van der Waals surface area contributed by atoms with E-state index < -0.39 is 5.76 Å². The summed E-state index contributed by atoms with van der Waals surface area (Å²) in [4.78, 5) is 30.1. The molecule has 1 amide bonds. The summed E-state index contributed by atoms with van der Waals surface area (Å²) in [7, 11) is 0. The van der Waals surface area contributed by atoms with E-state index in [2.05, 4.69) is 26.9 Å². The van der Waals surface area contributed by atoms with Crippen LogP contribution in [0.25, 0.3) is 11.1 Å². The second-order valence-corrected chi connectivity index (χ2v) is 6.83. The number of para-hydroxylation sites is 1. The van der Waals surface area contributed by atoms with E-state index in [1.807, 2.05) is 30.3 Å². The van der Waals surface area contributed by atoms with Crippen molar-refractivity contribution in [2.75, 3.05) is 29.4 Å². The van der Waals surface area contributed by atoms with Crippen LogP contribution in [0, 0.1) is 0 Å². The molecule has 3 aromatic rings. The molecule has 140 valence electrons. The van der Waals surface area contributed by atoms with E-state index in [1.165, 1.54) is 5.69 Å². The number of amides is 1. The number of fused-ring (bicyclic) bond motifs is 1. The molecule has 1 atom stereocenters. The Hall–Kier alpha value is -3.22. The highest BCUT2D eigenvalue weighted by molar-refractivity contribution is 5.77. The van der Waals surface area contributed by atoms with Crippen LogP contribution in [0.4, 0.5) is 11.4 Å². The van der Waals surface area contributed by atoms with Crippen molar-refractivity contribution in [1.82, 2.24) is 4.98 Å². The third kappa shape index (κ3) is 3.67. The lowest BCUT2D eigenvalue weighted by atomic mass is 10.0. The lowest BCUT2D eigenvalue weighted by molar-refractivity contribution is -0.118. The maximum absolute atomic E-state index is 11.4. The molecule has 0 aliphatic carbocycles. The zero-order valence-electron chi connectivity index (χ0n) is 14.9. The van der Waals surface area contributed by atoms with Crippen LogP contribution in [0.3, 0.4) is 0 Å². The number of nitrogens with zero attached hydrogens (tertiary/aromatic N) is 2. The molecule has 1 aliphatic heterocycles. The van der Waals surface area contributed by atoms with Crippen LogP contribution in [0.5, 0.6) is 0 Å². The molecule has 27 heavy (non-hydrogen) atoms. The number of aromatic amines is 1. The first-order valence-corrected chi connectivity index (χ1v) is 9.08. The Morgan fingerprint density at radius 3 is 2.74 bits per heavy atom. The number of piperazine rings is 1. The van der Waals surface area contributed by atoms with Crippen LogP contribution in [0.1, 0.15) is 12.8 Å². The Morgan fingerprint density at radius 1 is 1.15 bits per heavy atom. The Labute approximate surface area is 156 Å². The van der Waals surface area contributed by atoms with E-state index in [4.69, 9.17) is 10.2 Å². The fourth-order valence-corrected chi connectivity index (χ4v) is 3.74. The molecule has 1 aromatic heterocycles. The quantitative estimate of drug-likeness (QED) is 0.721. The van der Waals surface area contributed by atoms with Gasteiger partial charge >= 0.3 is 5.76 Å². The number of hydrogen-bond donors (Lipinski definition) is 2. The Kier molecular flexibility index (Phi) is 4.58. The molecule has 1 saturated heterocycles. The first-order valence-electron chi connectivity index (χ1n) is 9.08. The molecular formula is C20H22N4O3. The van der Waals surface area contributed by atoms with Crippen LogP contribution < -0.4 is 21.3 Å². The summed E-state index contributed by atoms with van der Waals surface area (Å²) in [5.74, 6) is -0.747. The van der Waals surface area contributed by atoms with Crippen LogP contribution in [0.15, 0.2) is 57.7 Å². The smallest absolute Gasteiger partial charge is 0.408 e. The Morgan fingerprint density at radius 2 is 1.96 bits per heavy atom. The van der Waals surface area contributed by atoms with Gasteiger partial charge in [0.05, 0.1) is 5.52 Å². The molecule has 0 saturated carbocycles. The summed E-state index contributed by atoms with van der Waals surface area (Å²) >= 11 is 0. The van der Waals surface area contributed by atoms with E-state index in [0.717, 1.165) is 25.3 Å². The predicted molar refractivity (Wildman–Crippen MR) is 105 cm³/mol. The molecule has 0 spiro atoms. The van der Waals surface area contributed by atoms with Crippen LogP contribution in [0.2, 0.25) is 0 Å². The van der Waals surface area contributed by atoms with Gasteiger partial charge in [0.25, 0.3) is 0 Å². The average molecular weight is 366 g/mol. The SMILES string of the molecule is NC(=O)CCC1CN(c2ccccc2)CCN1c1ccc2oc(=O)[nH]c2c1. The van der Waals surface area contributed by atoms with Crippen LogP contribution in [-0.4, -0.2) is 36.6 Å². The van der Waals surface area contributed by atoms with Crippen molar-refractivity contribution >= 4 is 28.4 Å². The molecule has 2 aromatic carbocycles. The van der Waals surface area contributed by atoms with Gasteiger partial charge < -0.3 is 20.0 Å². The summed E-state index contributed by atoms with van der Waals surface area (Å²) in [6.07, 6.45) is 1.02. The first-order chi connectivity index (χ1) is 13.1. The summed E-state index contributed by atoms with van der Waals surface area (Å²) in [6.45, 7) is 2.49. The first kappa shape index (κ1) is 17.2. The molecule has 7 heteroatoms. The minimum absolute atomic E-state index is 0.141. The second-order valence-electron chi connectivity index (χ2n) is 6.83. The number of benzene rings is 2. The normalized spacial score (nSPS) is 17.4. The summed E-state index contributed by atoms with van der Waals surface area (Å²) in [5.41, 5.74) is 8.79. The third-order valence-electron chi connectivity index (χ3n) is 5.06. The molecule has 0 radical (unpaired) electrons. The van der Waals surface area contributed by atoms with Gasteiger partial charge in [0, 0.05) is 43.5 Å². The minimum atomic E-state index is -0.457. The molecular weight excluding hydrogens is 344 g/mol. The number of aromatic nitrogens is 1. The second kappa shape index (κ2) is 7.19. The highest BCUT2D eigenvalue weighted by Gasteiger charge is 2.28. The van der Waals surface area contributed by atoms with Crippen molar-refractivity contribution in [1.29, 1.82) is 0 Å². The number of nitrogens with one attached hydrogen (secondary N) is 1. The number of oxazole rings is 1. The fraction of sp³-hybridized carbons (Fsp3) is 0.300. The van der Waals surface area contributed by atoms with Gasteiger partial charge in [-0.25, -0.2) is 4.79 Å². The van der Waals surface area contributed by atoms with Crippen molar-refractivity contribution in [3.63, 3.8) is 0 Å². The molecule has 0 bridgehead atoms. The minimum Gasteiger partial charge on any atom is -0.408 e. The lowest BCUT2D eigenvalue weighted by Gasteiger charge is -2.44. The van der Waals surface area contributed by atoms with Gasteiger partial charge in [0.2, 0.25) is 5.91 Å². The van der Waals surface area contributed by atoms with Gasteiger partial charge in [-0.2, -0.15) is 0 Å². The Balaban J connectivity index is 1.61. The lowest BCUT2D eigenvalue weighted by Crippen LogP contribution is -2.53. The van der Waals surface area contributed by atoms with E-state index in [1.54, 1.807) is 6.07 Å². The maximum Gasteiger partial charge on any atom is 0.417 e. The maximum atomic E-state index is 11.4. The van der Waals surface area contributed by atoms with Gasteiger partial charge in [0.15, 0.2) is 5.58 Å². The van der Waals surface area contributed by atoms with Crippen molar-refractivity contribution in [3.8, 4) is 0 Å². The van der Waals surface area contributed by atoms with Crippen molar-refractivity contribution < 1.29 is 9.21 Å². The highest BCUT2D eigenvalue weighted by Crippen LogP contribution is 2.28. The van der Waals surface area contributed by atoms with Crippen molar-refractivity contribution in [2.45, 2.75) is 18.9 Å². The number of H-pyrrole nitrogens is 1. The number of carbonyl (C=O) groups is 1. The van der Waals surface area contributed by atoms with Gasteiger partial charge in [-0.15, -0.1) is 0 Å². The molecule has 7 nitrogen and oxygen atoms in total. The molecule has 2 heterocycles. The van der Waals surface area contributed by atoms with Gasteiger partial charge in [0.1, 0.15) is 0 Å². The Bertz CT molecular complexity index is 995. The van der Waals surface area contributed by atoms with E-state index in [9.17, 15) is 9.59 Å². The summed E-state index contributed by atoms with van der Waals surface area (Å²) < 4.78 is 5.09. The molecule has 3 N–H and O–H groups in total. The third-order valence-corrected chi connectivity index (χ3v) is 5.06. The van der Waals surface area contributed by atoms with E-state index >= 15 is 0 Å². The molecule has 1 fully saturated rings. The topological polar surface area (TPSA) is 95.6 Å². The summed E-state index contributed by atoms with van der Waals surface area (Å²) in [5, 5.41) is 0. The van der Waals surface area contributed by atoms with Crippen molar-refractivity contribution in [3.05, 3.63) is 59.1 Å².